The largest absolute Gasteiger partial charge is 0.274 e. The Kier molecular flexibility index (Phi) is 6.13. The zero-order valence-electron chi connectivity index (χ0n) is 17.3. The Morgan fingerprint density at radius 2 is 1.75 bits per heavy atom. The molecule has 0 spiro atoms. The van der Waals surface area contributed by atoms with E-state index in [1.807, 2.05) is 71.3 Å². The first-order valence-corrected chi connectivity index (χ1v) is 12.2. The van der Waals surface area contributed by atoms with Gasteiger partial charge >= 0.3 is 0 Å². The molecule has 8 heteroatoms. The molecule has 5 rings (SSSR count). The van der Waals surface area contributed by atoms with E-state index < -0.39 is 0 Å². The Bertz CT molecular complexity index is 1220. The second-order valence-corrected chi connectivity index (χ2v) is 9.27. The minimum Gasteiger partial charge on any atom is -0.274 e. The molecule has 0 saturated carbocycles. The minimum absolute atomic E-state index is 0.0247. The fourth-order valence-electron chi connectivity index (χ4n) is 3.59. The predicted molar refractivity (Wildman–Crippen MR) is 129 cm³/mol. The number of rotatable bonds is 7. The Morgan fingerprint density at radius 3 is 2.50 bits per heavy atom. The first kappa shape index (κ1) is 20.7. The van der Waals surface area contributed by atoms with Crippen molar-refractivity contribution in [3.63, 3.8) is 0 Å². The number of hydrogen-bond donors (Lipinski definition) is 0. The van der Waals surface area contributed by atoms with Gasteiger partial charge in [0.15, 0.2) is 5.16 Å². The summed E-state index contributed by atoms with van der Waals surface area (Å²) in [4.78, 5) is 14.1. The monoisotopic (exact) mass is 459 g/mol. The van der Waals surface area contributed by atoms with Crippen molar-refractivity contribution in [1.29, 1.82) is 0 Å². The normalized spacial score (nSPS) is 13.4. The van der Waals surface area contributed by atoms with Crippen LogP contribution in [0.4, 0.5) is 0 Å². The third-order valence-electron chi connectivity index (χ3n) is 5.15. The van der Waals surface area contributed by atoms with Gasteiger partial charge in [0.2, 0.25) is 0 Å². The molecule has 0 bridgehead atoms. The predicted octanol–water partition coefficient (Wildman–Crippen LogP) is 4.65. The molecular formula is C24H21N5OS2. The molecule has 1 aliphatic rings. The van der Waals surface area contributed by atoms with Gasteiger partial charge in [-0.2, -0.15) is 5.10 Å². The molecule has 0 radical (unpaired) electrons. The van der Waals surface area contributed by atoms with Gasteiger partial charge in [-0.15, -0.1) is 21.5 Å². The molecule has 0 fully saturated rings. The van der Waals surface area contributed by atoms with Crippen molar-refractivity contribution in [3.8, 4) is 5.69 Å². The van der Waals surface area contributed by atoms with E-state index in [0.717, 1.165) is 29.2 Å². The fraction of sp³-hybridized carbons (Fsp3) is 0.167. The lowest BCUT2D eigenvalue weighted by Crippen LogP contribution is -2.25. The molecule has 1 amide bonds. The Morgan fingerprint density at radius 1 is 0.969 bits per heavy atom. The summed E-state index contributed by atoms with van der Waals surface area (Å²) in [5.41, 5.74) is 3.01. The number of benzene rings is 2. The van der Waals surface area contributed by atoms with Crippen molar-refractivity contribution in [1.82, 2.24) is 19.8 Å². The van der Waals surface area contributed by atoms with E-state index in [1.165, 1.54) is 16.6 Å². The van der Waals surface area contributed by atoms with Crippen LogP contribution in [0.3, 0.4) is 0 Å². The van der Waals surface area contributed by atoms with Gasteiger partial charge in [0.1, 0.15) is 5.82 Å². The highest BCUT2D eigenvalue weighted by Crippen LogP contribution is 2.25. The maximum Gasteiger partial charge on any atom is 0.253 e. The summed E-state index contributed by atoms with van der Waals surface area (Å²) < 4.78 is 2.04. The second-order valence-electron chi connectivity index (χ2n) is 7.29. The van der Waals surface area contributed by atoms with E-state index in [-0.39, 0.29) is 11.7 Å². The van der Waals surface area contributed by atoms with Crippen LogP contribution in [-0.4, -0.2) is 43.7 Å². The number of hydrogen-bond acceptors (Lipinski definition) is 6. The molecule has 6 nitrogen and oxygen atoms in total. The second kappa shape index (κ2) is 9.50. The van der Waals surface area contributed by atoms with Crippen molar-refractivity contribution in [2.24, 2.45) is 5.10 Å². The number of carbonyl (C=O) groups excluding carboxylic acids is 1. The van der Waals surface area contributed by atoms with Gasteiger partial charge in [0.05, 0.1) is 18.0 Å². The quantitative estimate of drug-likeness (QED) is 0.378. The van der Waals surface area contributed by atoms with Gasteiger partial charge in [-0.3, -0.25) is 9.36 Å². The molecular weight excluding hydrogens is 438 g/mol. The fourth-order valence-corrected chi connectivity index (χ4v) is 5.13. The van der Waals surface area contributed by atoms with E-state index >= 15 is 0 Å². The van der Waals surface area contributed by atoms with Crippen molar-refractivity contribution < 1.29 is 4.79 Å². The Balaban J connectivity index is 1.33. The van der Waals surface area contributed by atoms with Crippen molar-refractivity contribution in [2.45, 2.75) is 18.0 Å². The van der Waals surface area contributed by atoms with Crippen molar-refractivity contribution >= 4 is 34.7 Å². The molecule has 2 aromatic carbocycles. The highest BCUT2D eigenvalue weighted by atomic mass is 32.2. The zero-order valence-corrected chi connectivity index (χ0v) is 18.9. The maximum absolute atomic E-state index is 12.8. The standard InChI is InChI=1S/C24H21N5OS2/c30-23(28-14-13-21(27-28)18-8-3-1-4-9-18)17-32-24-26-25-22(16-20-12-7-15-31-20)29(24)19-10-5-2-6-11-19/h1-12,15H,13-14,16-17H2. The van der Waals surface area contributed by atoms with E-state index in [1.54, 1.807) is 16.3 Å². The summed E-state index contributed by atoms with van der Waals surface area (Å²) >= 11 is 3.10. The number of para-hydroxylation sites is 1. The highest BCUT2D eigenvalue weighted by molar-refractivity contribution is 7.99. The van der Waals surface area contributed by atoms with E-state index in [9.17, 15) is 4.79 Å². The van der Waals surface area contributed by atoms with E-state index in [2.05, 4.69) is 26.7 Å². The van der Waals surface area contributed by atoms with Gasteiger partial charge in [0, 0.05) is 23.4 Å². The Labute approximate surface area is 194 Å². The molecule has 2 aromatic heterocycles. The summed E-state index contributed by atoms with van der Waals surface area (Å²) in [6, 6.07) is 24.2. The van der Waals surface area contributed by atoms with Crippen LogP contribution < -0.4 is 0 Å². The summed E-state index contributed by atoms with van der Waals surface area (Å²) in [6.07, 6.45) is 1.47. The topological polar surface area (TPSA) is 63.4 Å². The van der Waals surface area contributed by atoms with Crippen LogP contribution in [-0.2, 0) is 11.2 Å². The van der Waals surface area contributed by atoms with Crippen LogP contribution in [0.2, 0.25) is 0 Å². The van der Waals surface area contributed by atoms with Crippen LogP contribution in [0.25, 0.3) is 5.69 Å². The number of amides is 1. The number of nitrogens with zero attached hydrogens (tertiary/aromatic N) is 5. The summed E-state index contributed by atoms with van der Waals surface area (Å²) in [6.45, 7) is 0.610. The lowest BCUT2D eigenvalue weighted by Gasteiger charge is -2.12. The molecule has 0 saturated heterocycles. The van der Waals surface area contributed by atoms with Gasteiger partial charge in [-0.25, -0.2) is 5.01 Å². The van der Waals surface area contributed by atoms with Crippen LogP contribution in [0.15, 0.2) is 88.4 Å². The molecule has 0 N–H and O–H groups in total. The van der Waals surface area contributed by atoms with Crippen molar-refractivity contribution in [2.75, 3.05) is 12.3 Å². The number of thioether (sulfide) groups is 1. The van der Waals surface area contributed by atoms with Crippen LogP contribution in [0.5, 0.6) is 0 Å². The smallest absolute Gasteiger partial charge is 0.253 e. The Hall–Kier alpha value is -3.23. The van der Waals surface area contributed by atoms with Gasteiger partial charge in [-0.1, -0.05) is 66.4 Å². The summed E-state index contributed by atoms with van der Waals surface area (Å²) in [5.74, 6) is 1.10. The van der Waals surface area contributed by atoms with E-state index in [0.29, 0.717) is 18.1 Å². The number of aromatic nitrogens is 3. The van der Waals surface area contributed by atoms with Crippen LogP contribution in [0, 0.1) is 0 Å². The molecule has 0 aliphatic carbocycles. The van der Waals surface area contributed by atoms with Crippen molar-refractivity contribution in [3.05, 3.63) is 94.4 Å². The number of hydrazone groups is 1. The highest BCUT2D eigenvalue weighted by Gasteiger charge is 2.23. The first-order valence-electron chi connectivity index (χ1n) is 10.4. The summed E-state index contributed by atoms with van der Waals surface area (Å²) in [5, 5.41) is 17.7. The zero-order chi connectivity index (χ0) is 21.8. The molecule has 0 unspecified atom stereocenters. The molecule has 160 valence electrons. The number of thiophene rings is 1. The SMILES string of the molecule is O=C(CSc1nnc(Cc2cccs2)n1-c1ccccc1)N1CCC(c2ccccc2)=N1. The van der Waals surface area contributed by atoms with E-state index in [4.69, 9.17) is 0 Å². The third kappa shape index (κ3) is 4.51. The van der Waals surface area contributed by atoms with Crippen LogP contribution >= 0.6 is 23.1 Å². The average molecular weight is 460 g/mol. The molecule has 32 heavy (non-hydrogen) atoms. The van der Waals surface area contributed by atoms with Gasteiger partial charge in [-0.05, 0) is 29.1 Å². The van der Waals surface area contributed by atoms with Gasteiger partial charge < -0.3 is 0 Å². The lowest BCUT2D eigenvalue weighted by atomic mass is 10.1. The molecule has 0 atom stereocenters. The minimum atomic E-state index is -0.0247. The average Bonchev–Trinajstić information content (AvgIpc) is 3.60. The number of carbonyl (C=O) groups is 1. The van der Waals surface area contributed by atoms with Crippen LogP contribution in [0.1, 0.15) is 22.7 Å². The first-order chi connectivity index (χ1) is 15.8. The maximum atomic E-state index is 12.8. The molecule has 1 aliphatic heterocycles. The third-order valence-corrected chi connectivity index (χ3v) is 6.94. The molecule has 3 heterocycles. The lowest BCUT2D eigenvalue weighted by molar-refractivity contribution is -0.127. The summed E-state index contributed by atoms with van der Waals surface area (Å²) in [7, 11) is 0. The molecule has 4 aromatic rings. The van der Waals surface area contributed by atoms with Gasteiger partial charge in [0.25, 0.3) is 5.91 Å².